The summed E-state index contributed by atoms with van der Waals surface area (Å²) in [5, 5.41) is 8.75. The lowest BCUT2D eigenvalue weighted by Gasteiger charge is -2.02. The van der Waals surface area contributed by atoms with Gasteiger partial charge in [0.05, 0.1) is 10.2 Å². The van der Waals surface area contributed by atoms with Gasteiger partial charge >= 0.3 is 6.03 Å². The Kier molecular flexibility index (Phi) is 2.82. The molecule has 4 nitrogen and oxygen atoms in total. The average Bonchev–Trinajstić information content (AvgIpc) is 3.05. The second-order valence-electron chi connectivity index (χ2n) is 5.23. The minimum atomic E-state index is -0.200. The van der Waals surface area contributed by atoms with Gasteiger partial charge in [0.2, 0.25) is 0 Å². The van der Waals surface area contributed by atoms with E-state index < -0.39 is 0 Å². The molecule has 0 bridgehead atoms. The highest BCUT2D eigenvalue weighted by Gasteiger charge is 2.18. The lowest BCUT2D eigenvalue weighted by Crippen LogP contribution is -2.28. The number of rotatable bonds is 2. The summed E-state index contributed by atoms with van der Waals surface area (Å²) in [6, 6.07) is 8.46. The summed E-state index contributed by atoms with van der Waals surface area (Å²) < 4.78 is 1.14. The zero-order chi connectivity index (χ0) is 14.4. The van der Waals surface area contributed by atoms with Crippen molar-refractivity contribution >= 4 is 43.5 Å². The van der Waals surface area contributed by atoms with Gasteiger partial charge in [0, 0.05) is 11.9 Å². The van der Waals surface area contributed by atoms with Crippen molar-refractivity contribution in [2.75, 3.05) is 11.9 Å². The molecule has 0 atom stereocenters. The molecule has 4 rings (SSSR count). The summed E-state index contributed by atoms with van der Waals surface area (Å²) in [4.78, 5) is 16.2. The third kappa shape index (κ3) is 1.96. The Morgan fingerprint density at radius 3 is 3.05 bits per heavy atom. The molecule has 2 N–H and O–H groups in total. The molecule has 1 aliphatic rings. The van der Waals surface area contributed by atoms with E-state index in [4.69, 9.17) is 0 Å². The topological polar surface area (TPSA) is 54.0 Å². The molecule has 1 aromatic heterocycles. The number of carbonyl (C=O) groups excluding carboxylic acids is 1. The van der Waals surface area contributed by atoms with Crippen molar-refractivity contribution in [3.63, 3.8) is 0 Å². The molecule has 0 saturated heterocycles. The van der Waals surface area contributed by atoms with E-state index in [2.05, 4.69) is 39.9 Å². The Bertz CT molecular complexity index is 869. The number of thiazole rings is 1. The predicted octanol–water partition coefficient (Wildman–Crippen LogP) is 3.69. The summed E-state index contributed by atoms with van der Waals surface area (Å²) in [6.45, 7) is 2.50. The number of hydrogen-bond donors (Lipinski definition) is 2. The molecule has 3 aromatic rings. The van der Waals surface area contributed by atoms with E-state index in [0.717, 1.165) is 23.1 Å². The van der Waals surface area contributed by atoms with E-state index in [1.54, 1.807) is 0 Å². The molecule has 2 amide bonds. The number of fused-ring (bicyclic) bond motifs is 2. The smallest absolute Gasteiger partial charge is 0.321 e. The monoisotopic (exact) mass is 297 g/mol. The number of nitrogens with zero attached hydrogens (tertiary/aromatic N) is 1. The van der Waals surface area contributed by atoms with E-state index in [-0.39, 0.29) is 6.03 Å². The number of benzene rings is 2. The van der Waals surface area contributed by atoms with E-state index in [9.17, 15) is 4.79 Å². The highest BCUT2D eigenvalue weighted by atomic mass is 32.1. The number of aromatic nitrogens is 1. The lowest BCUT2D eigenvalue weighted by atomic mass is 10.0. The summed E-state index contributed by atoms with van der Waals surface area (Å²) in [7, 11) is 0. The van der Waals surface area contributed by atoms with Gasteiger partial charge in [0.25, 0.3) is 0 Å². The highest BCUT2D eigenvalue weighted by molar-refractivity contribution is 7.22. The van der Waals surface area contributed by atoms with Gasteiger partial charge in [-0.05, 0) is 42.3 Å². The second kappa shape index (κ2) is 4.70. The molecule has 0 aliphatic heterocycles. The van der Waals surface area contributed by atoms with Crippen molar-refractivity contribution in [2.24, 2.45) is 0 Å². The minimum absolute atomic E-state index is 0.200. The van der Waals surface area contributed by atoms with Crippen LogP contribution < -0.4 is 10.6 Å². The Morgan fingerprint density at radius 2 is 2.19 bits per heavy atom. The van der Waals surface area contributed by atoms with Crippen molar-refractivity contribution in [1.29, 1.82) is 0 Å². The number of aryl methyl sites for hydroxylation is 2. The van der Waals surface area contributed by atoms with Crippen molar-refractivity contribution in [2.45, 2.75) is 19.8 Å². The van der Waals surface area contributed by atoms with Crippen LogP contribution in [-0.4, -0.2) is 17.6 Å². The van der Waals surface area contributed by atoms with Crippen molar-refractivity contribution in [1.82, 2.24) is 10.3 Å². The van der Waals surface area contributed by atoms with Crippen LogP contribution in [0.2, 0.25) is 0 Å². The maximum absolute atomic E-state index is 11.6. The zero-order valence-corrected chi connectivity index (χ0v) is 12.5. The summed E-state index contributed by atoms with van der Waals surface area (Å²) in [6.07, 6.45) is 2.22. The molecule has 106 valence electrons. The van der Waals surface area contributed by atoms with E-state index in [1.807, 2.05) is 6.92 Å². The summed E-state index contributed by atoms with van der Waals surface area (Å²) >= 11 is 1.54. The Balaban J connectivity index is 1.87. The van der Waals surface area contributed by atoms with Crippen LogP contribution in [-0.2, 0) is 12.8 Å². The van der Waals surface area contributed by atoms with Crippen LogP contribution >= 0.6 is 11.3 Å². The quantitative estimate of drug-likeness (QED) is 0.758. The summed E-state index contributed by atoms with van der Waals surface area (Å²) in [5.41, 5.74) is 3.81. The fourth-order valence-electron chi connectivity index (χ4n) is 3.06. The molecule has 0 saturated carbocycles. The van der Waals surface area contributed by atoms with Crippen molar-refractivity contribution in [3.8, 4) is 0 Å². The van der Waals surface area contributed by atoms with Crippen LogP contribution in [0.5, 0.6) is 0 Å². The summed E-state index contributed by atoms with van der Waals surface area (Å²) in [5.74, 6) is 0. The lowest BCUT2D eigenvalue weighted by molar-refractivity contribution is 0.252. The van der Waals surface area contributed by atoms with Gasteiger partial charge in [-0.15, -0.1) is 0 Å². The van der Waals surface area contributed by atoms with Crippen LogP contribution in [0, 0.1) is 0 Å². The SMILES string of the molecule is CCNC(=O)Nc1nc2c(cc3c4c(cccc42)CC3)s1. The molecule has 0 radical (unpaired) electrons. The van der Waals surface area contributed by atoms with Gasteiger partial charge in [-0.2, -0.15) is 0 Å². The molecule has 0 unspecified atom stereocenters. The first-order valence-electron chi connectivity index (χ1n) is 7.15. The fraction of sp³-hybridized carbons (Fsp3) is 0.250. The average molecular weight is 297 g/mol. The zero-order valence-electron chi connectivity index (χ0n) is 11.7. The van der Waals surface area contributed by atoms with Crippen LogP contribution in [0.3, 0.4) is 0 Å². The molecule has 21 heavy (non-hydrogen) atoms. The van der Waals surface area contributed by atoms with Crippen LogP contribution in [0.15, 0.2) is 24.3 Å². The number of nitrogens with one attached hydrogen (secondary N) is 2. The van der Waals surface area contributed by atoms with Crippen LogP contribution in [0.1, 0.15) is 18.1 Å². The first-order chi connectivity index (χ1) is 10.3. The predicted molar refractivity (Wildman–Crippen MR) is 87.2 cm³/mol. The third-order valence-corrected chi connectivity index (χ3v) is 4.82. The standard InChI is InChI=1S/C16H15N3OS/c1-2-17-15(20)19-16-18-14-11-5-3-4-9-6-7-10(13(9)11)8-12(14)21-16/h3-5,8H,2,6-7H2,1H3,(H2,17,18,19,20). The highest BCUT2D eigenvalue weighted by Crippen LogP contribution is 2.38. The molecule has 0 spiro atoms. The number of amides is 2. The van der Waals surface area contributed by atoms with Gasteiger partial charge in [-0.25, -0.2) is 9.78 Å². The number of carbonyl (C=O) groups is 1. The van der Waals surface area contributed by atoms with E-state index in [0.29, 0.717) is 11.7 Å². The fourth-order valence-corrected chi connectivity index (χ4v) is 4.00. The maximum atomic E-state index is 11.6. The first kappa shape index (κ1) is 12.6. The number of anilines is 1. The second-order valence-corrected chi connectivity index (χ2v) is 6.26. The normalized spacial score (nSPS) is 13.0. The Morgan fingerprint density at radius 1 is 1.33 bits per heavy atom. The van der Waals surface area contributed by atoms with Crippen molar-refractivity contribution in [3.05, 3.63) is 35.4 Å². The molecule has 1 aliphatic carbocycles. The van der Waals surface area contributed by atoms with Crippen LogP contribution in [0.25, 0.3) is 21.0 Å². The van der Waals surface area contributed by atoms with Crippen molar-refractivity contribution < 1.29 is 4.79 Å². The molecular formula is C16H15N3OS. The molecule has 0 fully saturated rings. The molecular weight excluding hydrogens is 282 g/mol. The molecule has 5 heteroatoms. The van der Waals surface area contributed by atoms with Gasteiger partial charge in [0.15, 0.2) is 5.13 Å². The molecule has 2 aromatic carbocycles. The maximum Gasteiger partial charge on any atom is 0.321 e. The molecule has 1 heterocycles. The van der Waals surface area contributed by atoms with Gasteiger partial charge in [-0.1, -0.05) is 29.5 Å². The minimum Gasteiger partial charge on any atom is -0.338 e. The number of urea groups is 1. The van der Waals surface area contributed by atoms with Crippen LogP contribution in [0.4, 0.5) is 9.93 Å². The van der Waals surface area contributed by atoms with Gasteiger partial charge in [-0.3, -0.25) is 5.32 Å². The Labute approximate surface area is 126 Å². The van der Waals surface area contributed by atoms with E-state index >= 15 is 0 Å². The van der Waals surface area contributed by atoms with Gasteiger partial charge in [0.1, 0.15) is 0 Å². The first-order valence-corrected chi connectivity index (χ1v) is 7.97. The largest absolute Gasteiger partial charge is 0.338 e. The number of hydrogen-bond acceptors (Lipinski definition) is 3. The third-order valence-electron chi connectivity index (χ3n) is 3.91. The van der Waals surface area contributed by atoms with E-state index in [1.165, 1.54) is 33.2 Å². The van der Waals surface area contributed by atoms with Gasteiger partial charge < -0.3 is 5.32 Å². The Hall–Kier alpha value is -2.14.